The van der Waals surface area contributed by atoms with Crippen molar-refractivity contribution in [2.24, 2.45) is 0 Å². The average molecular weight is 355 g/mol. The van der Waals surface area contributed by atoms with E-state index in [9.17, 15) is 22.0 Å². The van der Waals surface area contributed by atoms with Crippen LogP contribution >= 0.6 is 0 Å². The first-order chi connectivity index (χ1) is 11.2. The maximum atomic E-state index is 13.8. The fourth-order valence-corrected chi connectivity index (χ4v) is 3.24. The molecular weight excluding hydrogens is 340 g/mol. The topological polar surface area (TPSA) is 83.1 Å². The van der Waals surface area contributed by atoms with Gasteiger partial charge in [0.2, 0.25) is 15.0 Å². The number of sulfone groups is 1. The first kappa shape index (κ1) is 16.7. The van der Waals surface area contributed by atoms with Crippen LogP contribution in [0.5, 0.6) is 0 Å². The summed E-state index contributed by atoms with van der Waals surface area (Å²) >= 11 is 0. The van der Waals surface area contributed by atoms with Crippen molar-refractivity contribution in [2.75, 3.05) is 12.8 Å². The second kappa shape index (κ2) is 6.06. The molecule has 0 fully saturated rings. The van der Waals surface area contributed by atoms with Crippen LogP contribution in [0, 0.1) is 11.6 Å². The Morgan fingerprint density at radius 2 is 2.08 bits per heavy atom. The van der Waals surface area contributed by atoms with Crippen LogP contribution in [-0.4, -0.2) is 36.1 Å². The highest BCUT2D eigenvalue weighted by Crippen LogP contribution is 2.19. The van der Waals surface area contributed by atoms with Crippen molar-refractivity contribution in [1.82, 2.24) is 14.9 Å². The first-order valence-corrected chi connectivity index (χ1v) is 9.11. The fourth-order valence-electron chi connectivity index (χ4n) is 2.69. The zero-order valence-corrected chi connectivity index (χ0v) is 13.7. The molecule has 0 bridgehead atoms. The van der Waals surface area contributed by atoms with Crippen molar-refractivity contribution in [3.8, 4) is 0 Å². The van der Waals surface area contributed by atoms with Gasteiger partial charge in [-0.3, -0.25) is 14.7 Å². The van der Waals surface area contributed by atoms with Crippen LogP contribution in [0.3, 0.4) is 0 Å². The summed E-state index contributed by atoms with van der Waals surface area (Å²) in [5, 5.41) is -0.384. The largest absolute Gasteiger partial charge is 0.297 e. The number of H-pyrrole nitrogens is 1. The highest BCUT2D eigenvalue weighted by atomic mass is 32.2. The van der Waals surface area contributed by atoms with Gasteiger partial charge in [-0.2, -0.15) is 0 Å². The van der Waals surface area contributed by atoms with E-state index in [2.05, 4.69) is 9.97 Å². The molecule has 2 heterocycles. The number of aromatic amines is 1. The predicted molar refractivity (Wildman–Crippen MR) is 82.1 cm³/mol. The minimum atomic E-state index is -3.64. The number of nitrogens with one attached hydrogen (secondary N) is 1. The number of aromatic nitrogens is 2. The van der Waals surface area contributed by atoms with Crippen molar-refractivity contribution >= 4 is 9.84 Å². The highest BCUT2D eigenvalue weighted by molar-refractivity contribution is 7.90. The Balaban J connectivity index is 1.90. The Bertz CT molecular complexity index is 957. The Morgan fingerprint density at radius 3 is 2.79 bits per heavy atom. The van der Waals surface area contributed by atoms with E-state index in [0.717, 1.165) is 24.5 Å². The van der Waals surface area contributed by atoms with E-state index in [1.165, 1.54) is 0 Å². The summed E-state index contributed by atoms with van der Waals surface area (Å²) in [6, 6.07) is 3.23. The number of fused-ring (bicyclic) bond motifs is 1. The molecule has 0 saturated carbocycles. The molecule has 24 heavy (non-hydrogen) atoms. The van der Waals surface area contributed by atoms with Gasteiger partial charge < -0.3 is 0 Å². The summed E-state index contributed by atoms with van der Waals surface area (Å²) in [5.74, 6) is -1.05. The lowest BCUT2D eigenvalue weighted by atomic mass is 10.1. The van der Waals surface area contributed by atoms with Crippen molar-refractivity contribution in [3.05, 3.63) is 57.0 Å². The molecule has 3 rings (SSSR count). The SMILES string of the molecule is CS(=O)(=O)c1nc2c(c(=O)[nH]1)CCN(Cc1cc(F)ccc1F)C2. The van der Waals surface area contributed by atoms with Crippen LogP contribution in [-0.2, 0) is 29.3 Å². The summed E-state index contributed by atoms with van der Waals surface area (Å²) in [5.41, 5.74) is 0.504. The summed E-state index contributed by atoms with van der Waals surface area (Å²) in [6.45, 7) is 0.801. The van der Waals surface area contributed by atoms with Gasteiger partial charge in [-0.15, -0.1) is 0 Å². The van der Waals surface area contributed by atoms with Crippen molar-refractivity contribution < 1.29 is 17.2 Å². The molecule has 0 unspecified atom stereocenters. The molecule has 0 amide bonds. The Morgan fingerprint density at radius 1 is 1.33 bits per heavy atom. The van der Waals surface area contributed by atoms with Crippen molar-refractivity contribution in [1.29, 1.82) is 0 Å². The molecule has 128 valence electrons. The maximum Gasteiger partial charge on any atom is 0.255 e. The molecule has 0 radical (unpaired) electrons. The minimum absolute atomic E-state index is 0.145. The van der Waals surface area contributed by atoms with E-state index in [-0.39, 0.29) is 23.8 Å². The standard InChI is InChI=1S/C15H15F2N3O3S/c1-24(22,23)15-18-13-8-20(5-4-11(13)14(21)19-15)7-9-6-10(16)2-3-12(9)17/h2-3,6H,4-5,7-8H2,1H3,(H,18,19,21). The molecule has 0 spiro atoms. The molecule has 9 heteroatoms. The van der Waals surface area contributed by atoms with Gasteiger partial charge in [-0.05, 0) is 24.6 Å². The Hall–Kier alpha value is -2.13. The maximum absolute atomic E-state index is 13.8. The minimum Gasteiger partial charge on any atom is -0.297 e. The Labute approximate surface area is 137 Å². The van der Waals surface area contributed by atoms with Gasteiger partial charge >= 0.3 is 0 Å². The zero-order chi connectivity index (χ0) is 17.5. The molecule has 1 aliphatic heterocycles. The number of hydrogen-bond donors (Lipinski definition) is 1. The molecular formula is C15H15F2N3O3S. The van der Waals surface area contributed by atoms with E-state index < -0.39 is 27.0 Å². The number of halogens is 2. The van der Waals surface area contributed by atoms with E-state index in [1.54, 1.807) is 4.90 Å². The van der Waals surface area contributed by atoms with E-state index in [1.807, 2.05) is 0 Å². The zero-order valence-electron chi connectivity index (χ0n) is 12.8. The highest BCUT2D eigenvalue weighted by Gasteiger charge is 2.24. The van der Waals surface area contributed by atoms with Gasteiger partial charge in [0.1, 0.15) is 11.6 Å². The van der Waals surface area contributed by atoms with E-state index >= 15 is 0 Å². The van der Waals surface area contributed by atoms with Gasteiger partial charge in [0.25, 0.3) is 5.56 Å². The van der Waals surface area contributed by atoms with Crippen molar-refractivity contribution in [3.63, 3.8) is 0 Å². The van der Waals surface area contributed by atoms with Gasteiger partial charge in [0.15, 0.2) is 0 Å². The molecule has 0 saturated heterocycles. The number of benzene rings is 1. The third kappa shape index (κ3) is 3.36. The second-order valence-electron chi connectivity index (χ2n) is 5.76. The number of nitrogens with zero attached hydrogens (tertiary/aromatic N) is 2. The third-order valence-electron chi connectivity index (χ3n) is 3.88. The summed E-state index contributed by atoms with van der Waals surface area (Å²) in [4.78, 5) is 20.1. The smallest absolute Gasteiger partial charge is 0.255 e. The summed E-state index contributed by atoms with van der Waals surface area (Å²) in [6.07, 6.45) is 1.32. The second-order valence-corrected chi connectivity index (χ2v) is 7.70. The predicted octanol–water partition coefficient (Wildman–Crippen LogP) is 1.01. The fraction of sp³-hybridized carbons (Fsp3) is 0.333. The van der Waals surface area contributed by atoms with Gasteiger partial charge in [0, 0.05) is 37.0 Å². The molecule has 1 N–H and O–H groups in total. The molecule has 1 aliphatic rings. The molecule has 2 aromatic rings. The molecule has 6 nitrogen and oxygen atoms in total. The van der Waals surface area contributed by atoms with Crippen LogP contribution in [0.1, 0.15) is 16.8 Å². The average Bonchev–Trinajstić information content (AvgIpc) is 2.49. The van der Waals surface area contributed by atoms with Crippen LogP contribution in [0.15, 0.2) is 28.2 Å². The lowest BCUT2D eigenvalue weighted by Gasteiger charge is -2.27. The van der Waals surface area contributed by atoms with Gasteiger partial charge in [-0.25, -0.2) is 22.2 Å². The number of rotatable bonds is 3. The number of hydrogen-bond acceptors (Lipinski definition) is 5. The summed E-state index contributed by atoms with van der Waals surface area (Å²) < 4.78 is 50.2. The molecule has 1 aromatic heterocycles. The first-order valence-electron chi connectivity index (χ1n) is 7.22. The van der Waals surface area contributed by atoms with Crippen LogP contribution in [0.2, 0.25) is 0 Å². The van der Waals surface area contributed by atoms with Gasteiger partial charge in [-0.1, -0.05) is 0 Å². The summed E-state index contributed by atoms with van der Waals surface area (Å²) in [7, 11) is -3.64. The lowest BCUT2D eigenvalue weighted by Crippen LogP contribution is -2.35. The molecule has 1 aromatic carbocycles. The quantitative estimate of drug-likeness (QED) is 0.831. The van der Waals surface area contributed by atoms with Crippen molar-refractivity contribution in [2.45, 2.75) is 24.7 Å². The normalized spacial score (nSPS) is 15.3. The third-order valence-corrected chi connectivity index (χ3v) is 4.78. The molecule has 0 atom stereocenters. The van der Waals surface area contributed by atoms with Crippen LogP contribution < -0.4 is 5.56 Å². The van der Waals surface area contributed by atoms with E-state index in [0.29, 0.717) is 24.2 Å². The van der Waals surface area contributed by atoms with Crippen LogP contribution in [0.4, 0.5) is 8.78 Å². The molecule has 0 aliphatic carbocycles. The lowest BCUT2D eigenvalue weighted by molar-refractivity contribution is 0.235. The van der Waals surface area contributed by atoms with Gasteiger partial charge in [0.05, 0.1) is 5.69 Å². The monoisotopic (exact) mass is 355 g/mol. The van der Waals surface area contributed by atoms with E-state index in [4.69, 9.17) is 0 Å². The van der Waals surface area contributed by atoms with Crippen LogP contribution in [0.25, 0.3) is 0 Å². The Kier molecular flexibility index (Phi) is 4.22.